The second-order valence-electron chi connectivity index (χ2n) is 6.41. The summed E-state index contributed by atoms with van der Waals surface area (Å²) in [6.45, 7) is 9.56. The molecule has 120 valence electrons. The summed E-state index contributed by atoms with van der Waals surface area (Å²) in [4.78, 5) is 0. The van der Waals surface area contributed by atoms with E-state index in [9.17, 15) is 0 Å². The quantitative estimate of drug-likeness (QED) is 0.675. The Hall–Kier alpha value is -0.520. The SMILES string of the molecule is CCOC1CC(Cc2nnc(CCCNCC(C)C)s2)C1. The number of ether oxygens (including phenoxy) is 1. The highest BCUT2D eigenvalue weighted by Gasteiger charge is 2.30. The van der Waals surface area contributed by atoms with E-state index in [-0.39, 0.29) is 0 Å². The fraction of sp³-hybridized carbons (Fsp3) is 0.875. The molecule has 1 fully saturated rings. The van der Waals surface area contributed by atoms with Gasteiger partial charge < -0.3 is 10.1 Å². The van der Waals surface area contributed by atoms with Crippen molar-refractivity contribution in [3.8, 4) is 0 Å². The first-order valence-electron chi connectivity index (χ1n) is 8.31. The van der Waals surface area contributed by atoms with Crippen LogP contribution in [-0.4, -0.2) is 36.0 Å². The third-order valence-electron chi connectivity index (χ3n) is 3.86. The molecule has 0 aliphatic heterocycles. The van der Waals surface area contributed by atoms with Crippen LogP contribution in [0.3, 0.4) is 0 Å². The maximum atomic E-state index is 5.60. The Morgan fingerprint density at radius 2 is 2.05 bits per heavy atom. The second-order valence-corrected chi connectivity index (χ2v) is 7.56. The Kier molecular flexibility index (Phi) is 7.07. The number of rotatable bonds is 10. The Bertz CT molecular complexity index is 402. The van der Waals surface area contributed by atoms with E-state index < -0.39 is 0 Å². The summed E-state index contributed by atoms with van der Waals surface area (Å²) < 4.78 is 5.60. The lowest BCUT2D eigenvalue weighted by Crippen LogP contribution is -2.32. The summed E-state index contributed by atoms with van der Waals surface area (Å²) in [5.74, 6) is 1.48. The predicted octanol–water partition coefficient (Wildman–Crippen LogP) is 3.07. The van der Waals surface area contributed by atoms with Gasteiger partial charge in [0.15, 0.2) is 0 Å². The molecule has 0 bridgehead atoms. The van der Waals surface area contributed by atoms with E-state index >= 15 is 0 Å². The van der Waals surface area contributed by atoms with Gasteiger partial charge in [0.05, 0.1) is 6.10 Å². The largest absolute Gasteiger partial charge is 0.378 e. The molecule has 2 rings (SSSR count). The molecule has 1 aliphatic carbocycles. The van der Waals surface area contributed by atoms with E-state index in [4.69, 9.17) is 4.74 Å². The van der Waals surface area contributed by atoms with Gasteiger partial charge in [0, 0.05) is 19.4 Å². The molecular weight excluding hydrogens is 282 g/mol. The van der Waals surface area contributed by atoms with Crippen LogP contribution in [0, 0.1) is 11.8 Å². The van der Waals surface area contributed by atoms with Gasteiger partial charge in [0.25, 0.3) is 0 Å². The third kappa shape index (κ3) is 6.01. The summed E-state index contributed by atoms with van der Waals surface area (Å²) in [5, 5.41) is 14.5. The normalized spacial score (nSPS) is 21.7. The van der Waals surface area contributed by atoms with E-state index in [0.717, 1.165) is 50.8 Å². The topological polar surface area (TPSA) is 47.0 Å². The van der Waals surface area contributed by atoms with Crippen LogP contribution in [0.25, 0.3) is 0 Å². The molecule has 1 saturated carbocycles. The third-order valence-corrected chi connectivity index (χ3v) is 4.87. The molecule has 4 nitrogen and oxygen atoms in total. The summed E-state index contributed by atoms with van der Waals surface area (Å²) >= 11 is 1.80. The second kappa shape index (κ2) is 8.81. The number of aromatic nitrogens is 2. The van der Waals surface area contributed by atoms with Crippen molar-refractivity contribution in [3.63, 3.8) is 0 Å². The van der Waals surface area contributed by atoms with E-state index in [1.54, 1.807) is 11.3 Å². The van der Waals surface area contributed by atoms with Crippen LogP contribution in [0.5, 0.6) is 0 Å². The molecule has 1 aliphatic rings. The predicted molar refractivity (Wildman–Crippen MR) is 87.8 cm³/mol. The van der Waals surface area contributed by atoms with E-state index in [0.29, 0.717) is 6.10 Å². The molecule has 0 radical (unpaired) electrons. The molecule has 1 aromatic rings. The van der Waals surface area contributed by atoms with E-state index in [1.165, 1.54) is 22.9 Å². The van der Waals surface area contributed by atoms with Crippen LogP contribution in [0.1, 0.15) is 50.0 Å². The minimum absolute atomic E-state index is 0.499. The Balaban J connectivity index is 1.59. The Labute approximate surface area is 132 Å². The first-order valence-corrected chi connectivity index (χ1v) is 9.12. The fourth-order valence-corrected chi connectivity index (χ4v) is 3.69. The van der Waals surface area contributed by atoms with E-state index in [1.807, 2.05) is 0 Å². The lowest BCUT2D eigenvalue weighted by molar-refractivity contribution is -0.0240. The molecule has 0 saturated heterocycles. The lowest BCUT2D eigenvalue weighted by atomic mass is 9.80. The lowest BCUT2D eigenvalue weighted by Gasteiger charge is -2.34. The van der Waals surface area contributed by atoms with Crippen LogP contribution in [0.4, 0.5) is 0 Å². The number of aryl methyl sites for hydroxylation is 1. The molecule has 0 atom stereocenters. The van der Waals surface area contributed by atoms with Gasteiger partial charge in [-0.05, 0) is 51.1 Å². The highest BCUT2D eigenvalue weighted by atomic mass is 32.1. The van der Waals surface area contributed by atoms with Gasteiger partial charge in [0.2, 0.25) is 0 Å². The average molecular weight is 311 g/mol. The van der Waals surface area contributed by atoms with Gasteiger partial charge in [0.1, 0.15) is 10.0 Å². The standard InChI is InChI=1S/C16H29N3OS/c1-4-20-14-8-13(9-14)10-16-19-18-15(21-16)6-5-7-17-11-12(2)3/h12-14,17H,4-11H2,1-3H3. The molecule has 1 N–H and O–H groups in total. The Morgan fingerprint density at radius 1 is 1.29 bits per heavy atom. The van der Waals surface area contributed by atoms with Crippen LogP contribution in [-0.2, 0) is 17.6 Å². The van der Waals surface area contributed by atoms with Crippen LogP contribution in [0.2, 0.25) is 0 Å². The molecular formula is C16H29N3OS. The molecule has 0 spiro atoms. The minimum Gasteiger partial charge on any atom is -0.378 e. The zero-order chi connectivity index (χ0) is 15.1. The molecule has 21 heavy (non-hydrogen) atoms. The van der Waals surface area contributed by atoms with Crippen molar-refractivity contribution in [1.82, 2.24) is 15.5 Å². The van der Waals surface area contributed by atoms with E-state index in [2.05, 4.69) is 36.3 Å². The van der Waals surface area contributed by atoms with Crippen molar-refractivity contribution >= 4 is 11.3 Å². The van der Waals surface area contributed by atoms with Gasteiger partial charge in [-0.15, -0.1) is 21.5 Å². The van der Waals surface area contributed by atoms with Crippen molar-refractivity contribution in [2.75, 3.05) is 19.7 Å². The number of nitrogens with one attached hydrogen (secondary N) is 1. The maximum absolute atomic E-state index is 5.60. The van der Waals surface area contributed by atoms with Crippen LogP contribution < -0.4 is 5.32 Å². The number of hydrogen-bond donors (Lipinski definition) is 1. The van der Waals surface area contributed by atoms with Gasteiger partial charge in [-0.1, -0.05) is 13.8 Å². The van der Waals surface area contributed by atoms with Crippen molar-refractivity contribution in [2.45, 2.75) is 59.0 Å². The maximum Gasteiger partial charge on any atom is 0.117 e. The smallest absolute Gasteiger partial charge is 0.117 e. The van der Waals surface area contributed by atoms with Gasteiger partial charge in [-0.2, -0.15) is 0 Å². The van der Waals surface area contributed by atoms with Crippen LogP contribution in [0.15, 0.2) is 0 Å². The molecule has 5 heteroatoms. The molecule has 0 amide bonds. The molecule has 0 aromatic carbocycles. The summed E-state index contributed by atoms with van der Waals surface area (Å²) in [7, 11) is 0. The Morgan fingerprint density at radius 3 is 2.76 bits per heavy atom. The van der Waals surface area contributed by atoms with Crippen molar-refractivity contribution in [2.24, 2.45) is 11.8 Å². The number of nitrogens with zero attached hydrogens (tertiary/aromatic N) is 2. The van der Waals surface area contributed by atoms with Gasteiger partial charge in [-0.25, -0.2) is 0 Å². The van der Waals surface area contributed by atoms with Crippen molar-refractivity contribution < 1.29 is 4.74 Å². The van der Waals surface area contributed by atoms with Gasteiger partial charge >= 0.3 is 0 Å². The minimum atomic E-state index is 0.499. The zero-order valence-electron chi connectivity index (χ0n) is 13.6. The monoisotopic (exact) mass is 311 g/mol. The van der Waals surface area contributed by atoms with Gasteiger partial charge in [-0.3, -0.25) is 0 Å². The molecule has 0 unspecified atom stereocenters. The first kappa shape index (κ1) is 16.8. The number of hydrogen-bond acceptors (Lipinski definition) is 5. The highest BCUT2D eigenvalue weighted by Crippen LogP contribution is 2.33. The average Bonchev–Trinajstić information content (AvgIpc) is 2.83. The summed E-state index contributed by atoms with van der Waals surface area (Å²) in [5.41, 5.74) is 0. The zero-order valence-corrected chi connectivity index (χ0v) is 14.4. The molecule has 1 heterocycles. The van der Waals surface area contributed by atoms with Crippen LogP contribution >= 0.6 is 11.3 Å². The van der Waals surface area contributed by atoms with Crippen molar-refractivity contribution in [3.05, 3.63) is 10.0 Å². The highest BCUT2D eigenvalue weighted by molar-refractivity contribution is 7.11. The fourth-order valence-electron chi connectivity index (χ4n) is 2.69. The first-order chi connectivity index (χ1) is 10.2. The molecule has 1 aromatic heterocycles. The summed E-state index contributed by atoms with van der Waals surface area (Å²) in [6, 6.07) is 0. The van der Waals surface area contributed by atoms with Crippen molar-refractivity contribution in [1.29, 1.82) is 0 Å². The summed E-state index contributed by atoms with van der Waals surface area (Å²) in [6.07, 6.45) is 6.18.